The van der Waals surface area contributed by atoms with Gasteiger partial charge < -0.3 is 23.9 Å². The summed E-state index contributed by atoms with van der Waals surface area (Å²) in [5.41, 5.74) is 0.790. The Balaban J connectivity index is 1.65. The van der Waals surface area contributed by atoms with Gasteiger partial charge in [0, 0.05) is 10.6 Å². The maximum absolute atomic E-state index is 12.6. The van der Waals surface area contributed by atoms with Crippen LogP contribution in [0.5, 0.6) is 17.2 Å². The van der Waals surface area contributed by atoms with Crippen molar-refractivity contribution in [2.75, 3.05) is 14.2 Å². The zero-order valence-electron chi connectivity index (χ0n) is 16.7. The topological polar surface area (TPSA) is 69.9 Å². The summed E-state index contributed by atoms with van der Waals surface area (Å²) in [6.45, 7) is 1.97. The third kappa shape index (κ3) is 5.20. The number of carbonyl (C=O) groups excluding carboxylic acids is 1. The van der Waals surface area contributed by atoms with Crippen LogP contribution < -0.4 is 19.5 Å². The van der Waals surface area contributed by atoms with E-state index in [1.54, 1.807) is 56.7 Å². The molecule has 1 amide bonds. The Labute approximate surface area is 184 Å². The second-order valence-corrected chi connectivity index (χ2v) is 7.28. The molecule has 6 nitrogen and oxygen atoms in total. The number of ether oxygens (including phenoxy) is 3. The summed E-state index contributed by atoms with van der Waals surface area (Å²) >= 11 is 12.0. The van der Waals surface area contributed by atoms with Crippen molar-refractivity contribution < 1.29 is 23.4 Å². The SMILES string of the molecule is COc1ccc(OC)c(C(C)NC(=O)c2ccc(COc3ccc(Cl)cc3Cl)o2)c1. The number of benzene rings is 2. The maximum atomic E-state index is 12.6. The van der Waals surface area contributed by atoms with Gasteiger partial charge in [-0.3, -0.25) is 4.79 Å². The summed E-state index contributed by atoms with van der Waals surface area (Å²) in [5.74, 6) is 2.09. The standard InChI is InChI=1S/C22H21Cl2NO5/c1-13(17-11-15(27-2)5-8-19(17)28-3)25-22(26)21-9-6-16(30-21)12-29-20-7-4-14(23)10-18(20)24/h4-11,13H,12H2,1-3H3,(H,25,26). The third-order valence-corrected chi connectivity index (χ3v) is 4.93. The van der Waals surface area contributed by atoms with E-state index in [0.717, 1.165) is 5.56 Å². The van der Waals surface area contributed by atoms with Crippen LogP contribution in [0.1, 0.15) is 34.8 Å². The maximum Gasteiger partial charge on any atom is 0.287 e. The highest BCUT2D eigenvalue weighted by Crippen LogP contribution is 2.30. The first-order chi connectivity index (χ1) is 14.4. The van der Waals surface area contributed by atoms with Crippen molar-refractivity contribution in [1.82, 2.24) is 5.32 Å². The zero-order valence-corrected chi connectivity index (χ0v) is 18.2. The van der Waals surface area contributed by atoms with Gasteiger partial charge in [-0.2, -0.15) is 0 Å². The van der Waals surface area contributed by atoms with Gasteiger partial charge in [0.2, 0.25) is 0 Å². The molecule has 8 heteroatoms. The van der Waals surface area contributed by atoms with Crippen LogP contribution in [0, 0.1) is 0 Å². The molecule has 1 atom stereocenters. The van der Waals surface area contributed by atoms with Crippen molar-refractivity contribution in [1.29, 1.82) is 0 Å². The van der Waals surface area contributed by atoms with Crippen molar-refractivity contribution in [2.24, 2.45) is 0 Å². The minimum absolute atomic E-state index is 0.119. The van der Waals surface area contributed by atoms with Gasteiger partial charge in [-0.05, 0) is 55.5 Å². The van der Waals surface area contributed by atoms with Gasteiger partial charge in [0.1, 0.15) is 29.6 Å². The molecule has 0 saturated heterocycles. The summed E-state index contributed by atoms with van der Waals surface area (Å²) in [4.78, 5) is 12.6. The fraction of sp³-hybridized carbons (Fsp3) is 0.227. The molecule has 0 aliphatic carbocycles. The first-order valence-corrected chi connectivity index (χ1v) is 9.86. The average molecular weight is 450 g/mol. The fourth-order valence-electron chi connectivity index (χ4n) is 2.84. The van der Waals surface area contributed by atoms with E-state index in [0.29, 0.717) is 33.1 Å². The molecular weight excluding hydrogens is 429 g/mol. The van der Waals surface area contributed by atoms with E-state index in [4.69, 9.17) is 41.8 Å². The molecule has 0 spiro atoms. The molecule has 0 aliphatic rings. The van der Waals surface area contributed by atoms with Gasteiger partial charge in [-0.25, -0.2) is 0 Å². The first-order valence-electron chi connectivity index (χ1n) is 9.10. The van der Waals surface area contributed by atoms with Crippen LogP contribution in [0.3, 0.4) is 0 Å². The molecule has 0 saturated carbocycles. The van der Waals surface area contributed by atoms with E-state index in [1.165, 1.54) is 0 Å². The Kier molecular flexibility index (Phi) is 7.13. The fourth-order valence-corrected chi connectivity index (χ4v) is 3.31. The molecule has 158 valence electrons. The summed E-state index contributed by atoms with van der Waals surface area (Å²) in [5, 5.41) is 3.81. The Bertz CT molecular complexity index is 1030. The second kappa shape index (κ2) is 9.78. The van der Waals surface area contributed by atoms with Gasteiger partial charge in [0.15, 0.2) is 5.76 Å². The van der Waals surface area contributed by atoms with Crippen LogP contribution >= 0.6 is 23.2 Å². The van der Waals surface area contributed by atoms with Crippen LogP contribution in [0.25, 0.3) is 0 Å². The number of carbonyl (C=O) groups is 1. The van der Waals surface area contributed by atoms with E-state index < -0.39 is 0 Å². The number of furan rings is 1. The zero-order chi connectivity index (χ0) is 21.7. The second-order valence-electron chi connectivity index (χ2n) is 6.43. The predicted molar refractivity (Wildman–Crippen MR) is 115 cm³/mol. The van der Waals surface area contributed by atoms with Gasteiger partial charge in [-0.1, -0.05) is 23.2 Å². The molecule has 3 rings (SSSR count). The Morgan fingerprint density at radius 3 is 2.50 bits per heavy atom. The lowest BCUT2D eigenvalue weighted by molar-refractivity contribution is 0.0907. The van der Waals surface area contributed by atoms with Crippen molar-refractivity contribution in [2.45, 2.75) is 19.6 Å². The highest BCUT2D eigenvalue weighted by molar-refractivity contribution is 6.35. The van der Waals surface area contributed by atoms with Crippen LogP contribution in [0.4, 0.5) is 0 Å². The largest absolute Gasteiger partial charge is 0.497 e. The average Bonchev–Trinajstić information content (AvgIpc) is 3.21. The normalized spacial score (nSPS) is 11.6. The molecule has 1 unspecified atom stereocenters. The highest BCUT2D eigenvalue weighted by atomic mass is 35.5. The van der Waals surface area contributed by atoms with Gasteiger partial charge in [0.05, 0.1) is 25.3 Å². The summed E-state index contributed by atoms with van der Waals surface area (Å²) in [7, 11) is 3.16. The number of hydrogen-bond donors (Lipinski definition) is 1. The quantitative estimate of drug-likeness (QED) is 0.479. The van der Waals surface area contributed by atoms with Crippen molar-refractivity contribution >= 4 is 29.1 Å². The van der Waals surface area contributed by atoms with Gasteiger partial charge in [0.25, 0.3) is 5.91 Å². The molecule has 0 bridgehead atoms. The number of methoxy groups -OCH3 is 2. The minimum atomic E-state index is -0.358. The van der Waals surface area contributed by atoms with E-state index in [2.05, 4.69) is 5.32 Å². The third-order valence-electron chi connectivity index (χ3n) is 4.40. The van der Waals surface area contributed by atoms with Crippen LogP contribution in [0.2, 0.25) is 10.0 Å². The van der Waals surface area contributed by atoms with Crippen LogP contribution in [-0.4, -0.2) is 20.1 Å². The predicted octanol–water partition coefficient (Wildman–Crippen LogP) is 5.67. The van der Waals surface area contributed by atoms with Crippen LogP contribution in [0.15, 0.2) is 52.9 Å². The van der Waals surface area contributed by atoms with Gasteiger partial charge in [-0.15, -0.1) is 0 Å². The van der Waals surface area contributed by atoms with E-state index in [9.17, 15) is 4.79 Å². The Morgan fingerprint density at radius 1 is 1.03 bits per heavy atom. The number of rotatable bonds is 8. The molecule has 1 aromatic heterocycles. The first kappa shape index (κ1) is 21.9. The number of amides is 1. The monoisotopic (exact) mass is 449 g/mol. The summed E-state index contributed by atoms with van der Waals surface area (Å²) in [6.07, 6.45) is 0. The lowest BCUT2D eigenvalue weighted by atomic mass is 10.1. The molecule has 1 heterocycles. The minimum Gasteiger partial charge on any atom is -0.497 e. The van der Waals surface area contributed by atoms with Crippen molar-refractivity contribution in [3.63, 3.8) is 0 Å². The molecule has 3 aromatic rings. The smallest absolute Gasteiger partial charge is 0.287 e. The molecule has 0 radical (unpaired) electrons. The van der Waals surface area contributed by atoms with E-state index in [-0.39, 0.29) is 24.3 Å². The number of hydrogen-bond acceptors (Lipinski definition) is 5. The van der Waals surface area contributed by atoms with Crippen molar-refractivity contribution in [3.05, 3.63) is 75.7 Å². The molecular formula is C22H21Cl2NO5. The van der Waals surface area contributed by atoms with Crippen LogP contribution in [-0.2, 0) is 6.61 Å². The van der Waals surface area contributed by atoms with Gasteiger partial charge >= 0.3 is 0 Å². The Hall–Kier alpha value is -2.83. The lowest BCUT2D eigenvalue weighted by Gasteiger charge is -2.17. The summed E-state index contributed by atoms with van der Waals surface area (Å²) < 4.78 is 21.9. The van der Waals surface area contributed by atoms with E-state index >= 15 is 0 Å². The molecule has 30 heavy (non-hydrogen) atoms. The molecule has 0 fully saturated rings. The number of halogens is 2. The number of nitrogens with one attached hydrogen (secondary N) is 1. The molecule has 0 aliphatic heterocycles. The molecule has 1 N–H and O–H groups in total. The Morgan fingerprint density at radius 2 is 1.80 bits per heavy atom. The van der Waals surface area contributed by atoms with Crippen molar-refractivity contribution in [3.8, 4) is 17.2 Å². The molecule has 2 aromatic carbocycles. The van der Waals surface area contributed by atoms with E-state index in [1.807, 2.05) is 13.0 Å². The highest BCUT2D eigenvalue weighted by Gasteiger charge is 2.18. The lowest BCUT2D eigenvalue weighted by Crippen LogP contribution is -2.26. The summed E-state index contributed by atoms with van der Waals surface area (Å²) in [6, 6.07) is 13.3.